The van der Waals surface area contributed by atoms with Gasteiger partial charge in [0.25, 0.3) is 0 Å². The van der Waals surface area contributed by atoms with Gasteiger partial charge in [0.05, 0.1) is 19.8 Å². The van der Waals surface area contributed by atoms with Crippen molar-refractivity contribution in [2.45, 2.75) is 12.8 Å². The van der Waals surface area contributed by atoms with Gasteiger partial charge < -0.3 is 24.6 Å². The average Bonchev–Trinajstić information content (AvgIpc) is 2.98. The average molecular weight is 299 g/mol. The number of nitrogens with zero attached hydrogens (tertiary/aromatic N) is 2. The maximum atomic E-state index is 12.1. The van der Waals surface area contributed by atoms with E-state index in [0.29, 0.717) is 31.5 Å². The van der Waals surface area contributed by atoms with Gasteiger partial charge in [-0.25, -0.2) is 0 Å². The van der Waals surface area contributed by atoms with E-state index in [1.807, 2.05) is 4.90 Å². The first-order chi connectivity index (χ1) is 10.3. The molecule has 2 saturated heterocycles. The van der Waals surface area contributed by atoms with E-state index in [2.05, 4.69) is 10.2 Å². The Morgan fingerprint density at radius 1 is 1.24 bits per heavy atom. The summed E-state index contributed by atoms with van der Waals surface area (Å²) < 4.78 is 10.6. The number of piperazine rings is 1. The molecule has 1 N–H and O–H groups in total. The summed E-state index contributed by atoms with van der Waals surface area (Å²) >= 11 is 0. The number of rotatable bonds is 8. The van der Waals surface area contributed by atoms with Crippen LogP contribution in [0.4, 0.5) is 0 Å². The molecule has 2 rings (SSSR count). The molecule has 6 nitrogen and oxygen atoms in total. The van der Waals surface area contributed by atoms with Crippen LogP contribution in [0.2, 0.25) is 0 Å². The molecule has 0 aromatic heterocycles. The normalized spacial score (nSPS) is 23.7. The zero-order valence-electron chi connectivity index (χ0n) is 13.2. The number of carbonyl (C=O) groups excluding carboxylic acids is 1. The van der Waals surface area contributed by atoms with E-state index in [4.69, 9.17) is 9.47 Å². The third-order valence-corrected chi connectivity index (χ3v) is 4.27. The maximum absolute atomic E-state index is 12.1. The molecule has 0 radical (unpaired) electrons. The van der Waals surface area contributed by atoms with Crippen LogP contribution in [-0.4, -0.2) is 88.5 Å². The second-order valence-corrected chi connectivity index (χ2v) is 5.90. The van der Waals surface area contributed by atoms with Gasteiger partial charge in [0.2, 0.25) is 5.91 Å². The molecule has 122 valence electrons. The van der Waals surface area contributed by atoms with Crippen molar-refractivity contribution < 1.29 is 14.3 Å². The predicted octanol–water partition coefficient (Wildman–Crippen LogP) is -0.207. The van der Waals surface area contributed by atoms with Crippen molar-refractivity contribution >= 4 is 5.91 Å². The first-order valence-electron chi connectivity index (χ1n) is 8.07. The van der Waals surface area contributed by atoms with Crippen molar-refractivity contribution in [3.8, 4) is 0 Å². The molecule has 2 heterocycles. The molecule has 0 aromatic carbocycles. The lowest BCUT2D eigenvalue weighted by molar-refractivity contribution is -0.132. The Morgan fingerprint density at radius 2 is 2.05 bits per heavy atom. The number of amides is 1. The molecule has 2 aliphatic rings. The van der Waals surface area contributed by atoms with E-state index >= 15 is 0 Å². The molecule has 2 aliphatic heterocycles. The highest BCUT2D eigenvalue weighted by molar-refractivity contribution is 5.76. The Balaban J connectivity index is 1.56. The minimum Gasteiger partial charge on any atom is -0.382 e. The molecule has 0 aromatic rings. The van der Waals surface area contributed by atoms with E-state index in [0.717, 1.165) is 52.4 Å². The second-order valence-electron chi connectivity index (χ2n) is 5.90. The van der Waals surface area contributed by atoms with Crippen LogP contribution in [0, 0.1) is 5.92 Å². The standard InChI is InChI=1S/C15H29N3O3/c1-20-10-11-21-13-14-2-6-17(12-14)7-3-15(19)18-8-4-16-5-9-18/h14,16H,2-13H2,1H3. The summed E-state index contributed by atoms with van der Waals surface area (Å²) in [5.74, 6) is 0.910. The van der Waals surface area contributed by atoms with Gasteiger partial charge in [0.15, 0.2) is 0 Å². The fourth-order valence-corrected chi connectivity index (χ4v) is 2.97. The topological polar surface area (TPSA) is 54.0 Å². The highest BCUT2D eigenvalue weighted by atomic mass is 16.5. The van der Waals surface area contributed by atoms with Crippen LogP contribution in [0.15, 0.2) is 0 Å². The quantitative estimate of drug-likeness (QED) is 0.629. The molecule has 6 heteroatoms. The van der Waals surface area contributed by atoms with Gasteiger partial charge in [-0.1, -0.05) is 0 Å². The molecule has 2 fully saturated rings. The largest absolute Gasteiger partial charge is 0.382 e. The van der Waals surface area contributed by atoms with Crippen molar-refractivity contribution in [3.63, 3.8) is 0 Å². The number of hydrogen-bond donors (Lipinski definition) is 1. The molecular formula is C15H29N3O3. The Hall–Kier alpha value is -0.690. The van der Waals surface area contributed by atoms with Gasteiger partial charge >= 0.3 is 0 Å². The Kier molecular flexibility index (Phi) is 7.43. The lowest BCUT2D eigenvalue weighted by Crippen LogP contribution is -2.47. The second kappa shape index (κ2) is 9.35. The highest BCUT2D eigenvalue weighted by Crippen LogP contribution is 2.16. The summed E-state index contributed by atoms with van der Waals surface area (Å²) in [7, 11) is 1.69. The molecule has 0 bridgehead atoms. The fourth-order valence-electron chi connectivity index (χ4n) is 2.97. The lowest BCUT2D eigenvalue weighted by Gasteiger charge is -2.28. The number of carbonyl (C=O) groups is 1. The molecule has 1 atom stereocenters. The van der Waals surface area contributed by atoms with E-state index < -0.39 is 0 Å². The predicted molar refractivity (Wildman–Crippen MR) is 81.3 cm³/mol. The summed E-state index contributed by atoms with van der Waals surface area (Å²) in [6.45, 7) is 8.75. The van der Waals surface area contributed by atoms with Gasteiger partial charge in [-0.05, 0) is 18.9 Å². The molecule has 1 unspecified atom stereocenters. The fraction of sp³-hybridized carbons (Fsp3) is 0.933. The van der Waals surface area contributed by atoms with E-state index in [1.54, 1.807) is 7.11 Å². The number of ether oxygens (including phenoxy) is 2. The van der Waals surface area contributed by atoms with Crippen LogP contribution < -0.4 is 5.32 Å². The van der Waals surface area contributed by atoms with E-state index in [1.165, 1.54) is 6.42 Å². The monoisotopic (exact) mass is 299 g/mol. The first kappa shape index (κ1) is 16.7. The number of hydrogen-bond acceptors (Lipinski definition) is 5. The van der Waals surface area contributed by atoms with Crippen LogP contribution in [0.3, 0.4) is 0 Å². The molecule has 0 spiro atoms. The Morgan fingerprint density at radius 3 is 2.81 bits per heavy atom. The van der Waals surface area contributed by atoms with Crippen molar-refractivity contribution in [1.82, 2.24) is 15.1 Å². The van der Waals surface area contributed by atoms with Crippen molar-refractivity contribution in [3.05, 3.63) is 0 Å². The van der Waals surface area contributed by atoms with Gasteiger partial charge in [-0.15, -0.1) is 0 Å². The van der Waals surface area contributed by atoms with Crippen molar-refractivity contribution in [2.24, 2.45) is 5.92 Å². The van der Waals surface area contributed by atoms with Crippen molar-refractivity contribution in [2.75, 3.05) is 72.7 Å². The number of methoxy groups -OCH3 is 1. The zero-order valence-corrected chi connectivity index (χ0v) is 13.2. The van der Waals surface area contributed by atoms with Crippen LogP contribution in [-0.2, 0) is 14.3 Å². The number of likely N-dealkylation sites (tertiary alicyclic amines) is 1. The van der Waals surface area contributed by atoms with Crippen LogP contribution >= 0.6 is 0 Å². The molecular weight excluding hydrogens is 270 g/mol. The molecule has 21 heavy (non-hydrogen) atoms. The smallest absolute Gasteiger partial charge is 0.223 e. The van der Waals surface area contributed by atoms with Gasteiger partial charge in [0.1, 0.15) is 0 Å². The Bertz CT molecular complexity index is 309. The van der Waals surface area contributed by atoms with Gasteiger partial charge in [0, 0.05) is 52.8 Å². The zero-order chi connectivity index (χ0) is 14.9. The van der Waals surface area contributed by atoms with Crippen LogP contribution in [0.5, 0.6) is 0 Å². The minimum absolute atomic E-state index is 0.302. The van der Waals surface area contributed by atoms with E-state index in [-0.39, 0.29) is 0 Å². The van der Waals surface area contributed by atoms with Crippen LogP contribution in [0.1, 0.15) is 12.8 Å². The molecule has 0 saturated carbocycles. The SMILES string of the molecule is COCCOCC1CCN(CCC(=O)N2CCNCC2)C1. The summed E-state index contributed by atoms with van der Waals surface area (Å²) in [5.41, 5.74) is 0. The summed E-state index contributed by atoms with van der Waals surface area (Å²) in [6, 6.07) is 0. The number of nitrogens with one attached hydrogen (secondary N) is 1. The van der Waals surface area contributed by atoms with Gasteiger partial charge in [-0.3, -0.25) is 4.79 Å². The molecule has 1 amide bonds. The van der Waals surface area contributed by atoms with Crippen molar-refractivity contribution in [1.29, 1.82) is 0 Å². The summed E-state index contributed by atoms with van der Waals surface area (Å²) in [5, 5.41) is 3.27. The summed E-state index contributed by atoms with van der Waals surface area (Å²) in [6.07, 6.45) is 1.83. The third kappa shape index (κ3) is 5.90. The van der Waals surface area contributed by atoms with Crippen LogP contribution in [0.25, 0.3) is 0 Å². The third-order valence-electron chi connectivity index (χ3n) is 4.27. The van der Waals surface area contributed by atoms with Gasteiger partial charge in [-0.2, -0.15) is 0 Å². The minimum atomic E-state index is 0.302. The highest BCUT2D eigenvalue weighted by Gasteiger charge is 2.24. The first-order valence-corrected chi connectivity index (χ1v) is 8.07. The molecule has 0 aliphatic carbocycles. The summed E-state index contributed by atoms with van der Waals surface area (Å²) in [4.78, 5) is 16.5. The van der Waals surface area contributed by atoms with E-state index in [9.17, 15) is 4.79 Å². The lowest BCUT2D eigenvalue weighted by atomic mass is 10.1. The Labute approximate surface area is 127 Å². The maximum Gasteiger partial charge on any atom is 0.223 e.